The smallest absolute Gasteiger partial charge is 0.201 e. The molecular weight excluding hydrogens is 492 g/mol. The molecule has 0 N–H and O–H groups in total. The van der Waals surface area contributed by atoms with Gasteiger partial charge in [0, 0.05) is 12.0 Å². The first-order valence-corrected chi connectivity index (χ1v) is 14.3. The average Bonchev–Trinajstić information content (AvgIpc) is 3.15. The van der Waals surface area contributed by atoms with E-state index in [0.29, 0.717) is 57.8 Å². The molecule has 1 aromatic carbocycles. The van der Waals surface area contributed by atoms with Gasteiger partial charge in [0.2, 0.25) is 8.32 Å². The second kappa shape index (κ2) is 11.0. The molecule has 0 radical (unpaired) electrons. The van der Waals surface area contributed by atoms with E-state index in [2.05, 4.69) is 57.5 Å². The van der Waals surface area contributed by atoms with Crippen LogP contribution in [0.5, 0.6) is 11.5 Å². The second-order valence-corrected chi connectivity index (χ2v) is 15.7. The summed E-state index contributed by atoms with van der Waals surface area (Å²) in [6.07, 6.45) is 0.862. The Balaban J connectivity index is 2.75. The molecule has 0 aliphatic carbocycles. The van der Waals surface area contributed by atoms with E-state index in [9.17, 15) is 4.79 Å². The van der Waals surface area contributed by atoms with Crippen LogP contribution in [0.1, 0.15) is 76.9 Å². The fraction of sp³-hybridized carbons (Fsp3) is 0.708. The number of hydrogen-bond donors (Lipinski definition) is 0. The highest BCUT2D eigenvalue weighted by atomic mass is 79.9. The van der Waals surface area contributed by atoms with Crippen molar-refractivity contribution in [1.29, 1.82) is 0 Å². The normalized spacial score (nSPS) is 17.3. The minimum Gasteiger partial charge on any atom is -0.496 e. The van der Waals surface area contributed by atoms with Gasteiger partial charge >= 0.3 is 0 Å². The van der Waals surface area contributed by atoms with Gasteiger partial charge in [0.05, 0.1) is 43.6 Å². The fourth-order valence-corrected chi connectivity index (χ4v) is 11.4. The minimum absolute atomic E-state index is 0.387. The van der Waals surface area contributed by atoms with Crippen LogP contribution in [-0.2, 0) is 13.9 Å². The highest BCUT2D eigenvalue weighted by Gasteiger charge is 2.49. The van der Waals surface area contributed by atoms with Gasteiger partial charge in [-0.25, -0.2) is 0 Å². The first kappa shape index (κ1) is 27.3. The van der Waals surface area contributed by atoms with Crippen molar-refractivity contribution in [3.05, 3.63) is 21.7 Å². The Labute approximate surface area is 202 Å². The van der Waals surface area contributed by atoms with Crippen LogP contribution in [0.25, 0.3) is 0 Å². The van der Waals surface area contributed by atoms with Crippen molar-refractivity contribution < 1.29 is 28.2 Å². The Bertz CT molecular complexity index is 767. The van der Waals surface area contributed by atoms with Crippen molar-refractivity contribution in [2.75, 3.05) is 27.4 Å². The number of ether oxygens (including phenoxy) is 4. The maximum atomic E-state index is 11.7. The maximum absolute atomic E-state index is 11.7. The molecule has 1 aliphatic rings. The zero-order valence-corrected chi connectivity index (χ0v) is 23.5. The molecule has 0 saturated carbocycles. The van der Waals surface area contributed by atoms with Crippen molar-refractivity contribution in [1.82, 2.24) is 0 Å². The highest BCUT2D eigenvalue weighted by molar-refractivity contribution is 9.10. The quantitative estimate of drug-likeness (QED) is 0.235. The lowest BCUT2D eigenvalue weighted by atomic mass is 9.98. The largest absolute Gasteiger partial charge is 0.496 e. The molecule has 1 atom stereocenters. The predicted molar refractivity (Wildman–Crippen MR) is 132 cm³/mol. The minimum atomic E-state index is -2.30. The van der Waals surface area contributed by atoms with E-state index < -0.39 is 20.2 Å². The van der Waals surface area contributed by atoms with Crippen LogP contribution >= 0.6 is 15.9 Å². The number of benzene rings is 1. The number of hydrogen-bond acceptors (Lipinski definition) is 6. The second-order valence-electron chi connectivity index (χ2n) is 9.51. The zero-order valence-electron chi connectivity index (χ0n) is 20.9. The molecule has 182 valence electrons. The lowest BCUT2D eigenvalue weighted by Crippen LogP contribution is -2.49. The number of carbonyl (C=O) groups excluding carboxylic acids is 1. The number of halogens is 1. The molecule has 6 nitrogen and oxygen atoms in total. The summed E-state index contributed by atoms with van der Waals surface area (Å²) in [5.41, 5.74) is 2.39. The Hall–Kier alpha value is -0.933. The molecule has 8 heteroatoms. The van der Waals surface area contributed by atoms with E-state index in [1.807, 2.05) is 6.92 Å². The van der Waals surface area contributed by atoms with Crippen LogP contribution in [0.4, 0.5) is 0 Å². The van der Waals surface area contributed by atoms with Crippen LogP contribution in [0.15, 0.2) is 10.5 Å². The van der Waals surface area contributed by atoms with Crippen LogP contribution in [0, 0.1) is 0 Å². The van der Waals surface area contributed by atoms with Crippen LogP contribution in [-0.4, -0.2) is 47.8 Å². The van der Waals surface area contributed by atoms with Gasteiger partial charge in [-0.15, -0.1) is 0 Å². The zero-order chi connectivity index (χ0) is 24.3. The van der Waals surface area contributed by atoms with Crippen molar-refractivity contribution in [3.63, 3.8) is 0 Å². The van der Waals surface area contributed by atoms with Gasteiger partial charge in [0.1, 0.15) is 11.5 Å². The van der Waals surface area contributed by atoms with Gasteiger partial charge in [-0.2, -0.15) is 0 Å². The van der Waals surface area contributed by atoms with Gasteiger partial charge < -0.3 is 23.4 Å². The molecule has 0 amide bonds. The predicted octanol–water partition coefficient (Wildman–Crippen LogP) is 6.67. The molecule has 1 saturated heterocycles. The van der Waals surface area contributed by atoms with E-state index in [1.165, 1.54) is 0 Å². The molecule has 1 aliphatic heterocycles. The van der Waals surface area contributed by atoms with Gasteiger partial charge in [-0.1, -0.05) is 41.5 Å². The molecule has 1 fully saturated rings. The summed E-state index contributed by atoms with van der Waals surface area (Å²) in [6, 6.07) is 1.73. The average molecular weight is 532 g/mol. The van der Waals surface area contributed by atoms with Crippen LogP contribution in [0.2, 0.25) is 16.6 Å². The van der Waals surface area contributed by atoms with Crippen LogP contribution in [0.3, 0.4) is 0 Å². The third-order valence-corrected chi connectivity index (χ3v) is 13.6. The van der Waals surface area contributed by atoms with Gasteiger partial charge in [0.15, 0.2) is 12.1 Å². The Kier molecular flexibility index (Phi) is 9.38. The molecule has 0 aromatic heterocycles. The topological polar surface area (TPSA) is 63.2 Å². The lowest BCUT2D eigenvalue weighted by Gasteiger charge is -2.46. The molecule has 32 heavy (non-hydrogen) atoms. The van der Waals surface area contributed by atoms with Gasteiger partial charge in [0.25, 0.3) is 0 Å². The van der Waals surface area contributed by atoms with E-state index in [-0.39, 0.29) is 0 Å². The lowest BCUT2D eigenvalue weighted by molar-refractivity contribution is -0.162. The molecule has 1 aromatic rings. The monoisotopic (exact) mass is 530 g/mol. The summed E-state index contributed by atoms with van der Waals surface area (Å²) >= 11 is 3.56. The first-order chi connectivity index (χ1) is 15.0. The molecule has 1 unspecified atom stereocenters. The van der Waals surface area contributed by atoms with E-state index in [4.69, 9.17) is 23.4 Å². The Morgan fingerprint density at radius 3 is 2.00 bits per heavy atom. The SMILES string of the molecule is COc1cc(C=O)c(Br)c(OC)c1C(CC1(C)OCCO1)O[Si](C(C)C)(C(C)C)C(C)C. The molecule has 2 rings (SSSR count). The van der Waals surface area contributed by atoms with E-state index in [1.54, 1.807) is 20.3 Å². The standard InChI is InChI=1S/C24H39BrO6Si/c1-15(2)32(16(3)4,17(5)6)31-20(13-24(7)29-10-11-30-24)21-19(27-8)12-18(14-26)22(25)23(21)28-9/h12,14-17,20H,10-11,13H2,1-9H3. The summed E-state index contributed by atoms with van der Waals surface area (Å²) in [7, 11) is 0.896. The summed E-state index contributed by atoms with van der Waals surface area (Å²) in [6.45, 7) is 16.6. The first-order valence-electron chi connectivity index (χ1n) is 11.3. The Morgan fingerprint density at radius 1 is 1.06 bits per heavy atom. The number of methoxy groups -OCH3 is 2. The summed E-state index contributed by atoms with van der Waals surface area (Å²) in [5, 5.41) is 0. The highest BCUT2D eigenvalue weighted by Crippen LogP contribution is 2.51. The number of carbonyl (C=O) groups is 1. The summed E-state index contributed by atoms with van der Waals surface area (Å²) in [4.78, 5) is 11.7. The summed E-state index contributed by atoms with van der Waals surface area (Å²) < 4.78 is 31.4. The third kappa shape index (κ3) is 5.25. The van der Waals surface area contributed by atoms with Gasteiger partial charge in [-0.05, 0) is 45.5 Å². The summed E-state index contributed by atoms with van der Waals surface area (Å²) in [5.74, 6) is 0.316. The Morgan fingerprint density at radius 2 is 1.59 bits per heavy atom. The number of aldehydes is 1. The van der Waals surface area contributed by atoms with Crippen molar-refractivity contribution >= 4 is 30.5 Å². The molecule has 0 bridgehead atoms. The van der Waals surface area contributed by atoms with Gasteiger partial charge in [-0.3, -0.25) is 4.79 Å². The van der Waals surface area contributed by atoms with E-state index >= 15 is 0 Å². The van der Waals surface area contributed by atoms with E-state index in [0.717, 1.165) is 11.8 Å². The maximum Gasteiger partial charge on any atom is 0.201 e. The molecule has 1 heterocycles. The van der Waals surface area contributed by atoms with Crippen molar-refractivity contribution in [2.24, 2.45) is 0 Å². The van der Waals surface area contributed by atoms with Crippen LogP contribution < -0.4 is 9.47 Å². The van der Waals surface area contributed by atoms with Crippen molar-refractivity contribution in [2.45, 2.75) is 83.4 Å². The molecular formula is C24H39BrO6Si. The molecule has 0 spiro atoms. The number of rotatable bonds is 11. The fourth-order valence-electron chi connectivity index (χ4n) is 5.27. The third-order valence-electron chi connectivity index (χ3n) is 6.63. The van der Waals surface area contributed by atoms with Crippen molar-refractivity contribution in [3.8, 4) is 11.5 Å².